The molecular weight excluding hydrogens is 178 g/mol. The van der Waals surface area contributed by atoms with E-state index in [9.17, 15) is 10.0 Å². The largest absolute Gasteiger partial charge is 0.407 e. The van der Waals surface area contributed by atoms with Crippen molar-refractivity contribution >= 4 is 23.1 Å². The highest BCUT2D eigenvalue weighted by Crippen LogP contribution is 2.00. The smallest absolute Gasteiger partial charge is 0.233 e. The third kappa shape index (κ3) is 5.79. The second kappa shape index (κ2) is 6.72. The molecule has 0 heterocycles. The predicted octanol–water partition coefficient (Wildman–Crippen LogP) is 0.965. The van der Waals surface area contributed by atoms with Gasteiger partial charge in [-0.3, -0.25) is 10.0 Å². The summed E-state index contributed by atoms with van der Waals surface area (Å²) in [6.45, 7) is 1.88. The zero-order valence-electron chi connectivity index (χ0n) is 7.02. The highest BCUT2D eigenvalue weighted by Gasteiger charge is 1.92. The van der Waals surface area contributed by atoms with Gasteiger partial charge in [-0.25, -0.2) is 0 Å². The maximum atomic E-state index is 10.8. The average molecular weight is 189 g/mol. The Morgan fingerprint density at radius 1 is 1.75 bits per heavy atom. The van der Waals surface area contributed by atoms with Crippen molar-refractivity contribution in [3.8, 4) is 0 Å². The molecule has 0 aliphatic heterocycles. The molecule has 68 valence electrons. The number of rotatable bonds is 4. The topological polar surface area (TPSA) is 52.4 Å². The molecule has 0 saturated carbocycles. The summed E-state index contributed by atoms with van der Waals surface area (Å²) in [5.74, 6) is 0.731. The van der Waals surface area contributed by atoms with Gasteiger partial charge in [0.2, 0.25) is 11.3 Å². The fourth-order valence-electron chi connectivity index (χ4n) is 0.443. The van der Waals surface area contributed by atoms with Crippen molar-refractivity contribution in [3.63, 3.8) is 0 Å². The fraction of sp³-hybridized carbons (Fsp3) is 0.429. The molecule has 0 aromatic rings. The molecule has 4 nitrogen and oxygen atoms in total. The van der Waals surface area contributed by atoms with Crippen LogP contribution in [0.5, 0.6) is 0 Å². The Balaban J connectivity index is 3.83. The van der Waals surface area contributed by atoms with E-state index in [1.807, 2.05) is 6.92 Å². The van der Waals surface area contributed by atoms with E-state index in [2.05, 4.69) is 4.84 Å². The minimum Gasteiger partial charge on any atom is -0.407 e. The lowest BCUT2D eigenvalue weighted by molar-refractivity contribution is -0.729. The zero-order valence-corrected chi connectivity index (χ0v) is 7.84. The molecule has 0 aliphatic rings. The molecule has 0 aromatic carbocycles. The molecule has 0 bridgehead atoms. The molecule has 0 aliphatic carbocycles. The van der Waals surface area contributed by atoms with Gasteiger partial charge in [0.05, 0.1) is 0 Å². The number of allylic oxidation sites excluding steroid dienone is 1. The van der Waals surface area contributed by atoms with Crippen LogP contribution in [-0.4, -0.2) is 29.1 Å². The first-order chi connectivity index (χ1) is 5.70. The van der Waals surface area contributed by atoms with Crippen LogP contribution in [0.1, 0.15) is 6.92 Å². The van der Waals surface area contributed by atoms with E-state index in [-0.39, 0.29) is 10.0 Å². The minimum absolute atomic E-state index is 0.0711. The van der Waals surface area contributed by atoms with Gasteiger partial charge in [-0.1, -0.05) is 18.7 Å². The van der Waals surface area contributed by atoms with E-state index in [0.29, 0.717) is 0 Å². The number of thioether (sulfide) groups is 1. The summed E-state index contributed by atoms with van der Waals surface area (Å²) in [4.78, 5) is 15.3. The lowest BCUT2D eigenvalue weighted by Crippen LogP contribution is -2.00. The third-order valence-electron chi connectivity index (χ3n) is 0.907. The van der Waals surface area contributed by atoms with Crippen molar-refractivity contribution < 1.29 is 14.5 Å². The normalized spacial score (nSPS) is 12.0. The van der Waals surface area contributed by atoms with Gasteiger partial charge in [-0.05, 0) is 11.8 Å². The Morgan fingerprint density at radius 2 is 2.42 bits per heavy atom. The van der Waals surface area contributed by atoms with Crippen LogP contribution in [0.4, 0.5) is 0 Å². The molecule has 0 saturated heterocycles. The van der Waals surface area contributed by atoms with Crippen molar-refractivity contribution in [3.05, 3.63) is 17.4 Å². The van der Waals surface area contributed by atoms with Crippen molar-refractivity contribution in [2.45, 2.75) is 6.92 Å². The van der Waals surface area contributed by atoms with Crippen molar-refractivity contribution in [2.75, 3.05) is 12.9 Å². The summed E-state index contributed by atoms with van der Waals surface area (Å²) >= 11 is 1.18. The first kappa shape index (κ1) is 11.0. The molecular formula is C7H11NO3S. The van der Waals surface area contributed by atoms with E-state index >= 15 is 0 Å². The summed E-state index contributed by atoms with van der Waals surface area (Å²) in [6.07, 6.45) is 3.79. The van der Waals surface area contributed by atoms with Crippen molar-refractivity contribution in [2.24, 2.45) is 0 Å². The van der Waals surface area contributed by atoms with Gasteiger partial charge in [0.25, 0.3) is 0 Å². The second-order valence-corrected chi connectivity index (χ2v) is 3.00. The van der Waals surface area contributed by atoms with Gasteiger partial charge in [-0.15, -0.1) is 0 Å². The van der Waals surface area contributed by atoms with E-state index in [0.717, 1.165) is 12.0 Å². The molecule has 12 heavy (non-hydrogen) atoms. The van der Waals surface area contributed by atoms with Crippen LogP contribution in [0.2, 0.25) is 0 Å². The quantitative estimate of drug-likeness (QED) is 0.286. The number of hydrogen-bond acceptors (Lipinski definition) is 4. The van der Waals surface area contributed by atoms with Gasteiger partial charge in [0.1, 0.15) is 0 Å². The van der Waals surface area contributed by atoms with Crippen LogP contribution in [-0.2, 0) is 9.63 Å². The Kier molecular flexibility index (Phi) is 6.18. The van der Waals surface area contributed by atoms with E-state index in [1.165, 1.54) is 31.0 Å². The molecule has 0 aromatic heterocycles. The van der Waals surface area contributed by atoms with E-state index < -0.39 is 0 Å². The van der Waals surface area contributed by atoms with Gasteiger partial charge in [0.15, 0.2) is 0 Å². The van der Waals surface area contributed by atoms with Gasteiger partial charge in [0, 0.05) is 18.1 Å². The van der Waals surface area contributed by atoms with Gasteiger partial charge in [-0.2, -0.15) is 0 Å². The maximum Gasteiger partial charge on any atom is 0.233 e. The molecule has 0 radical (unpaired) electrons. The van der Waals surface area contributed by atoms with Gasteiger partial charge < -0.3 is 4.84 Å². The molecule has 0 rings (SSSR count). The first-order valence-electron chi connectivity index (χ1n) is 3.39. The summed E-state index contributed by atoms with van der Waals surface area (Å²) in [6, 6.07) is 0. The zero-order chi connectivity index (χ0) is 9.40. The minimum atomic E-state index is -0.0711. The molecule has 0 unspecified atom stereocenters. The summed E-state index contributed by atoms with van der Waals surface area (Å²) < 4.78 is 0. The standard InChI is InChI=1S/C7H11NO3S/c1-3-12-7(9)5-4-6-8(10)11-2/h4-6H,3H2,1-2H3. The lowest BCUT2D eigenvalue weighted by Gasteiger charge is -1.92. The highest BCUT2D eigenvalue weighted by atomic mass is 32.2. The monoisotopic (exact) mass is 189 g/mol. The average Bonchev–Trinajstić information content (AvgIpc) is 2.04. The van der Waals surface area contributed by atoms with E-state index in [4.69, 9.17) is 0 Å². The lowest BCUT2D eigenvalue weighted by atomic mass is 10.5. The van der Waals surface area contributed by atoms with Crippen LogP contribution in [0.15, 0.2) is 12.2 Å². The number of carbonyl (C=O) groups excluding carboxylic acids is 1. The highest BCUT2D eigenvalue weighted by molar-refractivity contribution is 8.14. The Hall–Kier alpha value is -0.970. The summed E-state index contributed by atoms with van der Waals surface area (Å²) in [5.41, 5.74) is 0. The number of carbonyl (C=O) groups is 1. The summed E-state index contributed by atoms with van der Waals surface area (Å²) in [5, 5.41) is 10.3. The third-order valence-corrected chi connectivity index (χ3v) is 1.62. The fourth-order valence-corrected chi connectivity index (χ4v) is 0.902. The SMILES string of the molecule is CCSC(=O)C=CC=[N+]([O-])OC. The summed E-state index contributed by atoms with van der Waals surface area (Å²) in [7, 11) is 1.25. The molecule has 0 spiro atoms. The Morgan fingerprint density at radius 3 is 2.92 bits per heavy atom. The van der Waals surface area contributed by atoms with Crippen LogP contribution in [0.25, 0.3) is 0 Å². The van der Waals surface area contributed by atoms with Crippen LogP contribution in [0, 0.1) is 5.21 Å². The van der Waals surface area contributed by atoms with Crippen molar-refractivity contribution in [1.82, 2.24) is 0 Å². The van der Waals surface area contributed by atoms with Crippen LogP contribution < -0.4 is 0 Å². The van der Waals surface area contributed by atoms with Crippen molar-refractivity contribution in [1.29, 1.82) is 0 Å². The second-order valence-electron chi connectivity index (χ2n) is 1.73. The van der Waals surface area contributed by atoms with Crippen LogP contribution in [0.3, 0.4) is 0 Å². The number of hydrogen-bond donors (Lipinski definition) is 0. The molecule has 0 amide bonds. The first-order valence-corrected chi connectivity index (χ1v) is 4.38. The number of nitrogens with zero attached hydrogens (tertiary/aromatic N) is 1. The Labute approximate surface area is 75.4 Å². The predicted molar refractivity (Wildman–Crippen MR) is 49.0 cm³/mol. The van der Waals surface area contributed by atoms with Gasteiger partial charge >= 0.3 is 0 Å². The molecule has 0 atom stereocenters. The molecule has 0 N–H and O–H groups in total. The molecule has 0 fully saturated rings. The van der Waals surface area contributed by atoms with E-state index in [1.54, 1.807) is 0 Å². The van der Waals surface area contributed by atoms with Crippen LogP contribution >= 0.6 is 11.8 Å². The molecule has 5 heteroatoms. The Bertz CT molecular complexity index is 201. The maximum absolute atomic E-state index is 10.8.